The van der Waals surface area contributed by atoms with Crippen LogP contribution in [0.15, 0.2) is 48.5 Å². The molecule has 0 aliphatic carbocycles. The maximum absolute atomic E-state index is 12.2. The monoisotopic (exact) mass is 290 g/mol. The smallest absolute Gasteiger partial charge is 0.345 e. The molecule has 3 nitrogen and oxygen atoms in total. The minimum atomic E-state index is -0.771. The summed E-state index contributed by atoms with van der Waals surface area (Å²) < 4.78 is 10.6. The van der Waals surface area contributed by atoms with Gasteiger partial charge in [-0.15, -0.1) is 0 Å². The quantitative estimate of drug-likeness (QED) is 0.632. The molecule has 0 amide bonds. The first-order chi connectivity index (χ1) is 9.61. The Balaban J connectivity index is 2.20. The molecule has 0 fully saturated rings. The van der Waals surface area contributed by atoms with E-state index in [1.165, 1.54) is 7.11 Å². The highest BCUT2D eigenvalue weighted by molar-refractivity contribution is 6.32. The van der Waals surface area contributed by atoms with Crippen LogP contribution in [0.3, 0.4) is 0 Å². The Hall–Kier alpha value is -1.84. The van der Waals surface area contributed by atoms with Gasteiger partial charge in [-0.05, 0) is 30.2 Å². The molecule has 0 radical (unpaired) electrons. The van der Waals surface area contributed by atoms with Crippen LogP contribution in [0.2, 0.25) is 5.02 Å². The highest BCUT2D eigenvalue weighted by Crippen LogP contribution is 2.27. The SMILES string of the molecule is COC(C(=O)Oc1cc(C)ccc1Cl)c1ccccc1. The van der Waals surface area contributed by atoms with Crippen molar-refractivity contribution < 1.29 is 14.3 Å². The number of halogens is 1. The zero-order valence-corrected chi connectivity index (χ0v) is 12.1. The minimum absolute atomic E-state index is 0.342. The molecule has 104 valence electrons. The molecule has 4 heteroatoms. The van der Waals surface area contributed by atoms with Gasteiger partial charge < -0.3 is 9.47 Å². The Morgan fingerprint density at radius 1 is 1.15 bits per heavy atom. The molecular weight excluding hydrogens is 276 g/mol. The molecule has 1 atom stereocenters. The Kier molecular flexibility index (Phi) is 4.77. The van der Waals surface area contributed by atoms with Gasteiger partial charge in [0, 0.05) is 7.11 Å². The fraction of sp³-hybridized carbons (Fsp3) is 0.188. The van der Waals surface area contributed by atoms with Gasteiger partial charge in [0.25, 0.3) is 0 Å². The van der Waals surface area contributed by atoms with Crippen LogP contribution in [0.5, 0.6) is 5.75 Å². The van der Waals surface area contributed by atoms with Gasteiger partial charge in [0.05, 0.1) is 5.02 Å². The first kappa shape index (κ1) is 14.6. The van der Waals surface area contributed by atoms with Gasteiger partial charge in [0.2, 0.25) is 0 Å². The molecule has 1 unspecified atom stereocenters. The summed E-state index contributed by atoms with van der Waals surface area (Å²) >= 11 is 6.02. The van der Waals surface area contributed by atoms with Gasteiger partial charge in [-0.3, -0.25) is 0 Å². The van der Waals surface area contributed by atoms with Crippen molar-refractivity contribution in [3.63, 3.8) is 0 Å². The Bertz CT molecular complexity index is 596. The Morgan fingerprint density at radius 2 is 1.85 bits per heavy atom. The van der Waals surface area contributed by atoms with E-state index in [1.807, 2.05) is 43.3 Å². The Labute approximate surface area is 123 Å². The van der Waals surface area contributed by atoms with Crippen LogP contribution in [0.1, 0.15) is 17.2 Å². The van der Waals surface area contributed by atoms with E-state index in [-0.39, 0.29) is 0 Å². The maximum Gasteiger partial charge on any atom is 0.345 e. The Morgan fingerprint density at radius 3 is 2.50 bits per heavy atom. The van der Waals surface area contributed by atoms with E-state index in [9.17, 15) is 4.79 Å². The van der Waals surface area contributed by atoms with Crippen LogP contribution >= 0.6 is 11.6 Å². The molecule has 0 aliphatic rings. The number of methoxy groups -OCH3 is 1. The predicted octanol–water partition coefficient (Wildman–Crippen LogP) is 3.94. The van der Waals surface area contributed by atoms with Crippen molar-refractivity contribution >= 4 is 17.6 Å². The molecular formula is C16H15ClO3. The van der Waals surface area contributed by atoms with E-state index in [0.29, 0.717) is 10.8 Å². The van der Waals surface area contributed by atoms with E-state index in [2.05, 4.69) is 0 Å². The summed E-state index contributed by atoms with van der Waals surface area (Å²) in [5.41, 5.74) is 1.70. The summed E-state index contributed by atoms with van der Waals surface area (Å²) in [6.07, 6.45) is -0.771. The molecule has 0 saturated heterocycles. The molecule has 0 heterocycles. The number of carbonyl (C=O) groups is 1. The number of hydrogen-bond acceptors (Lipinski definition) is 3. The zero-order valence-electron chi connectivity index (χ0n) is 11.3. The number of rotatable bonds is 4. The van der Waals surface area contributed by atoms with Gasteiger partial charge in [-0.2, -0.15) is 0 Å². The average Bonchev–Trinajstić information content (AvgIpc) is 2.45. The summed E-state index contributed by atoms with van der Waals surface area (Å²) in [6, 6.07) is 14.5. The van der Waals surface area contributed by atoms with Crippen molar-refractivity contribution in [3.8, 4) is 5.75 Å². The van der Waals surface area contributed by atoms with Gasteiger partial charge in [-0.1, -0.05) is 48.0 Å². The number of ether oxygens (including phenoxy) is 2. The topological polar surface area (TPSA) is 35.5 Å². The van der Waals surface area contributed by atoms with Crippen molar-refractivity contribution in [3.05, 3.63) is 64.7 Å². The normalized spacial score (nSPS) is 11.9. The lowest BCUT2D eigenvalue weighted by atomic mass is 10.1. The minimum Gasteiger partial charge on any atom is -0.423 e. The number of benzene rings is 2. The van der Waals surface area contributed by atoms with Crippen LogP contribution in [-0.4, -0.2) is 13.1 Å². The fourth-order valence-corrected chi connectivity index (χ4v) is 2.00. The standard InChI is InChI=1S/C16H15ClO3/c1-11-8-9-13(17)14(10-11)20-16(18)15(19-2)12-6-4-3-5-7-12/h3-10,15H,1-2H3. The molecule has 2 aromatic carbocycles. The second kappa shape index (κ2) is 6.55. The third kappa shape index (κ3) is 3.38. The molecule has 0 aliphatic heterocycles. The summed E-state index contributed by atoms with van der Waals surface area (Å²) in [6.45, 7) is 1.90. The molecule has 0 saturated carbocycles. The first-order valence-electron chi connectivity index (χ1n) is 6.17. The van der Waals surface area contributed by atoms with E-state index in [0.717, 1.165) is 11.1 Å². The van der Waals surface area contributed by atoms with Gasteiger partial charge in [-0.25, -0.2) is 4.79 Å². The predicted molar refractivity (Wildman–Crippen MR) is 78.0 cm³/mol. The van der Waals surface area contributed by atoms with E-state index in [4.69, 9.17) is 21.1 Å². The highest BCUT2D eigenvalue weighted by Gasteiger charge is 2.23. The molecule has 2 aromatic rings. The zero-order chi connectivity index (χ0) is 14.5. The summed E-state index contributed by atoms with van der Waals surface area (Å²) in [5, 5.41) is 0.395. The molecule has 0 bridgehead atoms. The number of aryl methyl sites for hydroxylation is 1. The number of esters is 1. The molecule has 0 aromatic heterocycles. The van der Waals surface area contributed by atoms with Gasteiger partial charge in [0.15, 0.2) is 6.10 Å². The van der Waals surface area contributed by atoms with Crippen LogP contribution in [-0.2, 0) is 9.53 Å². The van der Waals surface area contributed by atoms with Crippen molar-refractivity contribution in [2.75, 3.05) is 7.11 Å². The van der Waals surface area contributed by atoms with Crippen LogP contribution in [0.4, 0.5) is 0 Å². The summed E-state index contributed by atoms with van der Waals surface area (Å²) in [7, 11) is 1.47. The third-order valence-corrected chi connectivity index (χ3v) is 3.16. The van der Waals surface area contributed by atoms with E-state index in [1.54, 1.807) is 12.1 Å². The summed E-state index contributed by atoms with van der Waals surface area (Å²) in [4.78, 5) is 12.2. The van der Waals surface area contributed by atoms with Crippen molar-refractivity contribution in [2.24, 2.45) is 0 Å². The number of hydrogen-bond donors (Lipinski definition) is 0. The largest absolute Gasteiger partial charge is 0.423 e. The van der Waals surface area contributed by atoms with Gasteiger partial charge >= 0.3 is 5.97 Å². The van der Waals surface area contributed by atoms with Crippen LogP contribution in [0, 0.1) is 6.92 Å². The summed E-state index contributed by atoms with van der Waals surface area (Å²) in [5.74, 6) is -0.152. The first-order valence-corrected chi connectivity index (χ1v) is 6.55. The lowest BCUT2D eigenvalue weighted by Crippen LogP contribution is -2.20. The van der Waals surface area contributed by atoms with Crippen molar-refractivity contribution in [2.45, 2.75) is 13.0 Å². The molecule has 2 rings (SSSR count). The van der Waals surface area contributed by atoms with Gasteiger partial charge in [0.1, 0.15) is 5.75 Å². The van der Waals surface area contributed by atoms with E-state index >= 15 is 0 Å². The van der Waals surface area contributed by atoms with Crippen molar-refractivity contribution in [1.29, 1.82) is 0 Å². The fourth-order valence-electron chi connectivity index (χ4n) is 1.85. The lowest BCUT2D eigenvalue weighted by Gasteiger charge is -2.15. The average molecular weight is 291 g/mol. The van der Waals surface area contributed by atoms with Crippen molar-refractivity contribution in [1.82, 2.24) is 0 Å². The third-order valence-electron chi connectivity index (χ3n) is 2.85. The van der Waals surface area contributed by atoms with E-state index < -0.39 is 12.1 Å². The molecule has 0 N–H and O–H groups in total. The lowest BCUT2D eigenvalue weighted by molar-refractivity contribution is -0.146. The molecule has 20 heavy (non-hydrogen) atoms. The number of carbonyl (C=O) groups excluding carboxylic acids is 1. The second-order valence-corrected chi connectivity index (χ2v) is 4.79. The maximum atomic E-state index is 12.2. The van der Waals surface area contributed by atoms with Crippen LogP contribution < -0.4 is 4.74 Å². The van der Waals surface area contributed by atoms with Crippen LogP contribution in [0.25, 0.3) is 0 Å². The highest BCUT2D eigenvalue weighted by atomic mass is 35.5. The molecule has 0 spiro atoms. The second-order valence-electron chi connectivity index (χ2n) is 4.38.